The summed E-state index contributed by atoms with van der Waals surface area (Å²) in [4.78, 5) is 11.7. The third-order valence-electron chi connectivity index (χ3n) is 6.02. The van der Waals surface area contributed by atoms with E-state index in [0.717, 1.165) is 24.7 Å². The molecule has 0 aromatic carbocycles. The molecular formula is C20H28O. The van der Waals surface area contributed by atoms with Gasteiger partial charge in [-0.1, -0.05) is 45.8 Å². The van der Waals surface area contributed by atoms with Crippen molar-refractivity contribution in [1.29, 1.82) is 0 Å². The molecule has 0 saturated carbocycles. The predicted octanol–water partition coefficient (Wildman–Crippen LogP) is 5.38. The minimum atomic E-state index is 0.329. The average molecular weight is 284 g/mol. The normalized spacial score (nSPS) is 35.4. The van der Waals surface area contributed by atoms with Gasteiger partial charge in [0, 0.05) is 6.42 Å². The van der Waals surface area contributed by atoms with Crippen LogP contribution in [0.25, 0.3) is 0 Å². The molecule has 0 saturated heterocycles. The van der Waals surface area contributed by atoms with Crippen LogP contribution in [0, 0.1) is 17.3 Å². The third-order valence-corrected chi connectivity index (χ3v) is 6.02. The summed E-state index contributed by atoms with van der Waals surface area (Å²) in [6.07, 6.45) is 14.7. The SMILES string of the molecule is CCCC1(C)C=CC2=C3CCC(=O)C=C3CC[C@H]2C1CC. The highest BCUT2D eigenvalue weighted by Crippen LogP contribution is 2.53. The van der Waals surface area contributed by atoms with Crippen molar-refractivity contribution in [2.24, 2.45) is 17.3 Å². The van der Waals surface area contributed by atoms with Crippen LogP contribution in [0.3, 0.4) is 0 Å². The van der Waals surface area contributed by atoms with Gasteiger partial charge in [-0.3, -0.25) is 4.79 Å². The second kappa shape index (κ2) is 5.59. The zero-order valence-corrected chi connectivity index (χ0v) is 13.7. The Labute approximate surface area is 129 Å². The van der Waals surface area contributed by atoms with Gasteiger partial charge in [0.1, 0.15) is 0 Å². The van der Waals surface area contributed by atoms with Crippen LogP contribution in [-0.4, -0.2) is 5.78 Å². The maximum Gasteiger partial charge on any atom is 0.156 e. The minimum Gasteiger partial charge on any atom is -0.295 e. The van der Waals surface area contributed by atoms with E-state index in [1.807, 2.05) is 6.08 Å². The summed E-state index contributed by atoms with van der Waals surface area (Å²) < 4.78 is 0. The topological polar surface area (TPSA) is 17.1 Å². The van der Waals surface area contributed by atoms with Crippen molar-refractivity contribution >= 4 is 5.78 Å². The Morgan fingerprint density at radius 1 is 1.24 bits per heavy atom. The molecule has 3 rings (SSSR count). The second-order valence-corrected chi connectivity index (χ2v) is 7.32. The standard InChI is InChI=1S/C20H28O/c1-4-11-20(3)12-10-17-16-9-7-15(21)13-14(16)6-8-18(17)19(20)5-2/h10,12-13,18-19H,4-9,11H2,1-3H3/t18-,19?,20?/m1/s1. The van der Waals surface area contributed by atoms with Gasteiger partial charge in [0.05, 0.1) is 0 Å². The van der Waals surface area contributed by atoms with E-state index in [2.05, 4.69) is 32.9 Å². The van der Waals surface area contributed by atoms with Crippen LogP contribution in [0.15, 0.2) is 34.9 Å². The van der Waals surface area contributed by atoms with E-state index >= 15 is 0 Å². The predicted molar refractivity (Wildman–Crippen MR) is 88.0 cm³/mol. The molecule has 3 aliphatic carbocycles. The van der Waals surface area contributed by atoms with Crippen LogP contribution in [0.1, 0.15) is 65.7 Å². The van der Waals surface area contributed by atoms with Crippen LogP contribution in [-0.2, 0) is 4.79 Å². The van der Waals surface area contributed by atoms with Crippen LogP contribution < -0.4 is 0 Å². The van der Waals surface area contributed by atoms with Gasteiger partial charge in [0.15, 0.2) is 5.78 Å². The molecule has 0 radical (unpaired) electrons. The first-order valence-electron chi connectivity index (χ1n) is 8.75. The molecule has 0 aromatic rings. The quantitative estimate of drug-likeness (QED) is 0.679. The molecule has 2 unspecified atom stereocenters. The van der Waals surface area contributed by atoms with Crippen molar-refractivity contribution in [3.8, 4) is 0 Å². The number of carbonyl (C=O) groups is 1. The van der Waals surface area contributed by atoms with E-state index in [-0.39, 0.29) is 0 Å². The first-order chi connectivity index (χ1) is 10.1. The number of hydrogen-bond acceptors (Lipinski definition) is 1. The molecular weight excluding hydrogens is 256 g/mol. The molecule has 0 fully saturated rings. The summed E-state index contributed by atoms with van der Waals surface area (Å²) in [7, 11) is 0. The lowest BCUT2D eigenvalue weighted by atomic mass is 9.58. The van der Waals surface area contributed by atoms with Crippen molar-refractivity contribution in [3.63, 3.8) is 0 Å². The van der Waals surface area contributed by atoms with Crippen molar-refractivity contribution < 1.29 is 4.79 Å². The van der Waals surface area contributed by atoms with Crippen molar-refractivity contribution in [2.45, 2.75) is 65.7 Å². The zero-order valence-electron chi connectivity index (χ0n) is 13.7. The molecule has 0 heterocycles. The molecule has 3 aliphatic rings. The second-order valence-electron chi connectivity index (χ2n) is 7.32. The van der Waals surface area contributed by atoms with Crippen LogP contribution in [0.4, 0.5) is 0 Å². The van der Waals surface area contributed by atoms with Gasteiger partial charge in [-0.05, 0) is 65.7 Å². The van der Waals surface area contributed by atoms with Gasteiger partial charge in [0.25, 0.3) is 0 Å². The van der Waals surface area contributed by atoms with Gasteiger partial charge in [-0.15, -0.1) is 0 Å². The van der Waals surface area contributed by atoms with E-state index < -0.39 is 0 Å². The number of carbonyl (C=O) groups excluding carboxylic acids is 1. The lowest BCUT2D eigenvalue weighted by Crippen LogP contribution is -2.37. The average Bonchev–Trinajstić information content (AvgIpc) is 2.46. The molecule has 0 N–H and O–H groups in total. The summed E-state index contributed by atoms with van der Waals surface area (Å²) >= 11 is 0. The highest BCUT2D eigenvalue weighted by molar-refractivity contribution is 5.93. The summed E-state index contributed by atoms with van der Waals surface area (Å²) in [6, 6.07) is 0. The van der Waals surface area contributed by atoms with E-state index in [1.54, 1.807) is 5.57 Å². The highest BCUT2D eigenvalue weighted by Gasteiger charge is 2.42. The van der Waals surface area contributed by atoms with Crippen molar-refractivity contribution in [3.05, 3.63) is 34.9 Å². The summed E-state index contributed by atoms with van der Waals surface area (Å²) in [5, 5.41) is 0. The van der Waals surface area contributed by atoms with Gasteiger partial charge < -0.3 is 0 Å². The molecule has 0 spiro atoms. The van der Waals surface area contributed by atoms with Gasteiger partial charge in [0.2, 0.25) is 0 Å². The zero-order chi connectivity index (χ0) is 15.0. The maximum absolute atomic E-state index is 11.7. The molecule has 3 atom stereocenters. The maximum atomic E-state index is 11.7. The smallest absolute Gasteiger partial charge is 0.156 e. The van der Waals surface area contributed by atoms with Crippen LogP contribution >= 0.6 is 0 Å². The monoisotopic (exact) mass is 284 g/mol. The molecule has 1 nitrogen and oxygen atoms in total. The molecule has 1 heteroatoms. The lowest BCUT2D eigenvalue weighted by Gasteiger charge is -2.47. The molecule has 21 heavy (non-hydrogen) atoms. The van der Waals surface area contributed by atoms with E-state index in [0.29, 0.717) is 17.6 Å². The van der Waals surface area contributed by atoms with Crippen molar-refractivity contribution in [2.75, 3.05) is 0 Å². The Kier molecular flexibility index (Phi) is 3.94. The Balaban J connectivity index is 2.04. The first kappa shape index (κ1) is 14.8. The molecule has 0 amide bonds. The number of fused-ring (bicyclic) bond motifs is 2. The van der Waals surface area contributed by atoms with Gasteiger partial charge in [-0.2, -0.15) is 0 Å². The number of allylic oxidation sites excluding steroid dienone is 6. The Bertz CT molecular complexity index is 534. The molecule has 0 aromatic heterocycles. The Morgan fingerprint density at radius 3 is 2.76 bits per heavy atom. The van der Waals surface area contributed by atoms with Crippen LogP contribution in [0.5, 0.6) is 0 Å². The largest absolute Gasteiger partial charge is 0.295 e. The van der Waals surface area contributed by atoms with E-state index in [9.17, 15) is 4.79 Å². The lowest BCUT2D eigenvalue weighted by molar-refractivity contribution is -0.114. The van der Waals surface area contributed by atoms with E-state index in [4.69, 9.17) is 0 Å². The van der Waals surface area contributed by atoms with Crippen LogP contribution in [0.2, 0.25) is 0 Å². The number of ketones is 1. The molecule has 114 valence electrons. The van der Waals surface area contributed by atoms with Crippen molar-refractivity contribution in [1.82, 2.24) is 0 Å². The summed E-state index contributed by atoms with van der Waals surface area (Å²) in [5.74, 6) is 1.82. The third kappa shape index (κ3) is 2.45. The fourth-order valence-electron chi connectivity index (χ4n) is 5.07. The Morgan fingerprint density at radius 2 is 2.05 bits per heavy atom. The highest BCUT2D eigenvalue weighted by atomic mass is 16.1. The fraction of sp³-hybridized carbons (Fsp3) is 0.650. The molecule has 0 bridgehead atoms. The van der Waals surface area contributed by atoms with Gasteiger partial charge >= 0.3 is 0 Å². The summed E-state index contributed by atoms with van der Waals surface area (Å²) in [5.41, 5.74) is 4.79. The number of rotatable bonds is 3. The fourth-order valence-corrected chi connectivity index (χ4v) is 5.07. The Hall–Kier alpha value is -1.11. The minimum absolute atomic E-state index is 0.329. The van der Waals surface area contributed by atoms with E-state index in [1.165, 1.54) is 36.8 Å². The van der Waals surface area contributed by atoms with Gasteiger partial charge in [-0.25, -0.2) is 0 Å². The molecule has 0 aliphatic heterocycles. The summed E-state index contributed by atoms with van der Waals surface area (Å²) in [6.45, 7) is 7.11. The first-order valence-corrected chi connectivity index (χ1v) is 8.75. The number of hydrogen-bond donors (Lipinski definition) is 0.